The Morgan fingerprint density at radius 1 is 0.208 bits per heavy atom. The lowest BCUT2D eigenvalue weighted by molar-refractivity contribution is 1.62. The molecule has 10 aromatic carbocycles. The van der Waals surface area contributed by atoms with E-state index in [0.29, 0.717) is 0 Å². The third kappa shape index (κ3) is 4.16. The zero-order valence-electron chi connectivity index (χ0n) is 26.3. The minimum atomic E-state index is 1.23. The summed E-state index contributed by atoms with van der Waals surface area (Å²) < 4.78 is 0. The highest BCUT2D eigenvalue weighted by atomic mass is 14.2. The summed E-state index contributed by atoms with van der Waals surface area (Å²) in [5.41, 5.74) is 10.0. The van der Waals surface area contributed by atoms with Crippen LogP contribution in [-0.2, 0) is 0 Å². The van der Waals surface area contributed by atoms with Crippen molar-refractivity contribution in [1.82, 2.24) is 0 Å². The summed E-state index contributed by atoms with van der Waals surface area (Å²) in [7, 11) is 0. The summed E-state index contributed by atoms with van der Waals surface area (Å²) in [6.45, 7) is 0. The normalized spacial score (nSPS) is 11.8. The van der Waals surface area contributed by atoms with E-state index in [1.165, 1.54) is 98.4 Å². The van der Waals surface area contributed by atoms with Crippen LogP contribution in [0.3, 0.4) is 0 Å². The molecule has 0 nitrogen and oxygen atoms in total. The summed E-state index contributed by atoms with van der Waals surface area (Å²) in [4.78, 5) is 0. The molecule has 222 valence electrons. The van der Waals surface area contributed by atoms with Gasteiger partial charge in [0.05, 0.1) is 0 Å². The zero-order valence-corrected chi connectivity index (χ0v) is 26.3. The number of hydrogen-bond acceptors (Lipinski definition) is 0. The van der Waals surface area contributed by atoms with E-state index in [-0.39, 0.29) is 0 Å². The van der Waals surface area contributed by atoms with Crippen LogP contribution in [0.2, 0.25) is 0 Å². The van der Waals surface area contributed by atoms with Gasteiger partial charge in [0.2, 0.25) is 0 Å². The van der Waals surface area contributed by atoms with Crippen LogP contribution in [0.1, 0.15) is 0 Å². The van der Waals surface area contributed by atoms with E-state index < -0.39 is 0 Å². The predicted molar refractivity (Wildman–Crippen MR) is 207 cm³/mol. The second-order valence-electron chi connectivity index (χ2n) is 12.9. The predicted octanol–water partition coefficient (Wildman–Crippen LogP) is 13.6. The van der Waals surface area contributed by atoms with Gasteiger partial charge in [-0.3, -0.25) is 0 Å². The molecule has 0 bridgehead atoms. The zero-order chi connectivity index (χ0) is 31.6. The summed E-state index contributed by atoms with van der Waals surface area (Å²) in [5.74, 6) is 0. The second-order valence-corrected chi connectivity index (χ2v) is 12.9. The number of fused-ring (bicyclic) bond motifs is 2. The minimum absolute atomic E-state index is 1.23. The van der Waals surface area contributed by atoms with Gasteiger partial charge < -0.3 is 0 Å². The summed E-state index contributed by atoms with van der Waals surface area (Å²) in [6, 6.07) is 67.0. The first-order valence-electron chi connectivity index (χ1n) is 16.7. The third-order valence-corrected chi connectivity index (χ3v) is 10.2. The first-order valence-corrected chi connectivity index (χ1v) is 16.7. The van der Waals surface area contributed by atoms with Gasteiger partial charge in [0.1, 0.15) is 0 Å². The fourth-order valence-electron chi connectivity index (χ4n) is 7.92. The molecule has 0 saturated carbocycles. The first-order chi connectivity index (χ1) is 23.8. The van der Waals surface area contributed by atoms with Gasteiger partial charge in [-0.2, -0.15) is 0 Å². The molecule has 0 radical (unpaired) electrons. The number of benzene rings is 10. The lowest BCUT2D eigenvalue weighted by atomic mass is 9.85. The molecule has 0 spiro atoms. The Kier molecular flexibility index (Phi) is 5.98. The van der Waals surface area contributed by atoms with Gasteiger partial charge in [0.15, 0.2) is 0 Å². The summed E-state index contributed by atoms with van der Waals surface area (Å²) >= 11 is 0. The van der Waals surface area contributed by atoms with Gasteiger partial charge >= 0.3 is 0 Å². The smallest absolute Gasteiger partial charge is 0.00203 e. The van der Waals surface area contributed by atoms with E-state index in [1.54, 1.807) is 0 Å². The van der Waals surface area contributed by atoms with Crippen LogP contribution in [0, 0.1) is 0 Å². The molecule has 0 aliphatic heterocycles. The maximum Gasteiger partial charge on any atom is -0.00203 e. The van der Waals surface area contributed by atoms with Crippen molar-refractivity contribution in [3.05, 3.63) is 182 Å². The standard InChI is InChI=1S/C48H30/c1-2-9-33(10-3-1)41-14-6-12-35-13-7-15-43(46(35)41)42-27-23-37-24-28-44-40(26-22-36-25-29-45(42)48(37)47(36)44)34-19-16-32(17-20-34)39-21-18-31-8-4-5-11-38(31)30-39/h1-30H. The van der Waals surface area contributed by atoms with Gasteiger partial charge in [0, 0.05) is 0 Å². The fraction of sp³-hybridized carbons (Fsp3) is 0. The third-order valence-electron chi connectivity index (χ3n) is 10.2. The van der Waals surface area contributed by atoms with Crippen LogP contribution in [0.25, 0.3) is 98.4 Å². The lowest BCUT2D eigenvalue weighted by Gasteiger charge is -2.18. The molecule has 0 N–H and O–H groups in total. The molecule has 0 atom stereocenters. The van der Waals surface area contributed by atoms with E-state index in [2.05, 4.69) is 182 Å². The van der Waals surface area contributed by atoms with Gasteiger partial charge in [-0.25, -0.2) is 0 Å². The molecule has 0 aromatic heterocycles. The van der Waals surface area contributed by atoms with E-state index >= 15 is 0 Å². The van der Waals surface area contributed by atoms with Gasteiger partial charge in [-0.1, -0.05) is 176 Å². The Labute approximate surface area is 279 Å². The van der Waals surface area contributed by atoms with Crippen LogP contribution in [0.15, 0.2) is 182 Å². The minimum Gasteiger partial charge on any atom is -0.0622 e. The second kappa shape index (κ2) is 10.7. The molecule has 10 aromatic rings. The molecule has 0 unspecified atom stereocenters. The molecule has 0 aliphatic rings. The number of hydrogen-bond donors (Lipinski definition) is 0. The van der Waals surface area contributed by atoms with E-state index in [4.69, 9.17) is 0 Å². The molecule has 0 heteroatoms. The van der Waals surface area contributed by atoms with Crippen LogP contribution in [0.5, 0.6) is 0 Å². The van der Waals surface area contributed by atoms with E-state index in [9.17, 15) is 0 Å². The Morgan fingerprint density at radius 3 is 1.46 bits per heavy atom. The highest BCUT2D eigenvalue weighted by molar-refractivity contribution is 6.28. The first kappa shape index (κ1) is 26.9. The van der Waals surface area contributed by atoms with Crippen molar-refractivity contribution in [3.8, 4) is 44.5 Å². The monoisotopic (exact) mass is 606 g/mol. The Morgan fingerprint density at radius 2 is 0.708 bits per heavy atom. The Hall–Kier alpha value is -6.24. The van der Waals surface area contributed by atoms with Crippen molar-refractivity contribution < 1.29 is 0 Å². The van der Waals surface area contributed by atoms with E-state index in [0.717, 1.165) is 0 Å². The summed E-state index contributed by atoms with van der Waals surface area (Å²) in [5, 5.41) is 12.9. The lowest BCUT2D eigenvalue weighted by Crippen LogP contribution is -1.91. The van der Waals surface area contributed by atoms with Gasteiger partial charge in [-0.05, 0) is 104 Å². The van der Waals surface area contributed by atoms with Crippen molar-refractivity contribution in [2.24, 2.45) is 0 Å². The molecule has 0 amide bonds. The molecule has 0 heterocycles. The quantitative estimate of drug-likeness (QED) is 0.175. The highest BCUT2D eigenvalue weighted by Gasteiger charge is 2.17. The Bertz CT molecular complexity index is 2800. The van der Waals surface area contributed by atoms with Crippen LogP contribution in [0.4, 0.5) is 0 Å². The van der Waals surface area contributed by atoms with Crippen LogP contribution >= 0.6 is 0 Å². The highest BCUT2D eigenvalue weighted by Crippen LogP contribution is 2.45. The van der Waals surface area contributed by atoms with E-state index in [1.807, 2.05) is 0 Å². The molecule has 0 aliphatic carbocycles. The fourth-order valence-corrected chi connectivity index (χ4v) is 7.92. The van der Waals surface area contributed by atoms with Crippen molar-refractivity contribution >= 4 is 53.9 Å². The van der Waals surface area contributed by atoms with Crippen molar-refractivity contribution in [1.29, 1.82) is 0 Å². The molecule has 0 fully saturated rings. The van der Waals surface area contributed by atoms with Gasteiger partial charge in [0.25, 0.3) is 0 Å². The molecule has 0 saturated heterocycles. The Balaban J connectivity index is 1.15. The maximum atomic E-state index is 2.33. The van der Waals surface area contributed by atoms with Crippen LogP contribution in [-0.4, -0.2) is 0 Å². The average Bonchev–Trinajstić information content (AvgIpc) is 3.16. The van der Waals surface area contributed by atoms with Gasteiger partial charge in [-0.15, -0.1) is 0 Å². The molecular weight excluding hydrogens is 577 g/mol. The summed E-state index contributed by atoms with van der Waals surface area (Å²) in [6.07, 6.45) is 0. The molecular formula is C48H30. The van der Waals surface area contributed by atoms with Crippen molar-refractivity contribution in [2.75, 3.05) is 0 Å². The van der Waals surface area contributed by atoms with Crippen LogP contribution < -0.4 is 0 Å². The maximum absolute atomic E-state index is 2.33. The SMILES string of the molecule is c1ccc(-c2cccc3cccc(-c4ccc5ccc6c(-c7ccc(-c8ccc9ccccc9c8)cc7)ccc7ccc4c5c76)c23)cc1. The number of rotatable bonds is 4. The average molecular weight is 607 g/mol. The largest absolute Gasteiger partial charge is 0.0622 e. The van der Waals surface area contributed by atoms with Crippen molar-refractivity contribution in [2.45, 2.75) is 0 Å². The molecule has 10 rings (SSSR count). The topological polar surface area (TPSA) is 0 Å². The van der Waals surface area contributed by atoms with Crippen molar-refractivity contribution in [3.63, 3.8) is 0 Å². The molecule has 48 heavy (non-hydrogen) atoms.